The monoisotopic (exact) mass is 476 g/mol. The molecule has 3 aliphatic rings. The van der Waals surface area contributed by atoms with Gasteiger partial charge in [0.05, 0.1) is 5.41 Å². The molecule has 5 rings (SSSR count). The van der Waals surface area contributed by atoms with Crippen molar-refractivity contribution in [2.75, 3.05) is 20.2 Å². The summed E-state index contributed by atoms with van der Waals surface area (Å²) in [5.41, 5.74) is 4.38. The third-order valence-electron chi connectivity index (χ3n) is 7.98. The Hall–Kier alpha value is -3.35. The van der Waals surface area contributed by atoms with E-state index in [0.29, 0.717) is 31.7 Å². The van der Waals surface area contributed by atoms with Crippen LogP contribution >= 0.6 is 0 Å². The number of rotatable bonds is 9. The molecule has 7 nitrogen and oxygen atoms in total. The molecule has 3 unspecified atom stereocenters. The quantitative estimate of drug-likeness (QED) is 0.523. The average Bonchev–Trinajstić information content (AvgIpc) is 3.27. The van der Waals surface area contributed by atoms with Gasteiger partial charge in [-0.2, -0.15) is 0 Å². The lowest BCUT2D eigenvalue weighted by Gasteiger charge is -2.24. The highest BCUT2D eigenvalue weighted by Gasteiger charge is 2.65. The number of fused-ring (bicyclic) bond motifs is 4. The molecule has 0 aromatic heterocycles. The van der Waals surface area contributed by atoms with E-state index in [0.717, 1.165) is 12.8 Å². The first-order valence-electron chi connectivity index (χ1n) is 12.5. The van der Waals surface area contributed by atoms with Gasteiger partial charge in [-0.25, -0.2) is 4.79 Å². The SMILES string of the molecule is CN(CCCCC(=O)O)C(=O)C12CC(NC(=O)OCC3c4ccccc4-c4ccccc43)CC1C2. The maximum Gasteiger partial charge on any atom is 0.407 e. The molecule has 0 heterocycles. The number of carbonyl (C=O) groups is 3. The minimum Gasteiger partial charge on any atom is -0.481 e. The first kappa shape index (κ1) is 23.4. The van der Waals surface area contributed by atoms with Crippen molar-refractivity contribution >= 4 is 18.0 Å². The van der Waals surface area contributed by atoms with Crippen molar-refractivity contribution in [2.24, 2.45) is 11.3 Å². The Morgan fingerprint density at radius 3 is 2.34 bits per heavy atom. The van der Waals surface area contributed by atoms with E-state index in [2.05, 4.69) is 29.6 Å². The van der Waals surface area contributed by atoms with Gasteiger partial charge in [0, 0.05) is 32.0 Å². The van der Waals surface area contributed by atoms with Crippen molar-refractivity contribution in [3.63, 3.8) is 0 Å². The summed E-state index contributed by atoms with van der Waals surface area (Å²) in [6.45, 7) is 0.838. The van der Waals surface area contributed by atoms with Crippen LogP contribution in [0.15, 0.2) is 48.5 Å². The van der Waals surface area contributed by atoms with Crippen LogP contribution in [0.25, 0.3) is 11.1 Å². The number of carbonyl (C=O) groups excluding carboxylic acids is 2. The molecule has 2 saturated carbocycles. The van der Waals surface area contributed by atoms with Crippen LogP contribution in [0.5, 0.6) is 0 Å². The van der Waals surface area contributed by atoms with E-state index in [4.69, 9.17) is 9.84 Å². The van der Waals surface area contributed by atoms with E-state index in [1.165, 1.54) is 22.3 Å². The van der Waals surface area contributed by atoms with E-state index in [1.54, 1.807) is 11.9 Å². The number of ether oxygens (including phenoxy) is 1. The molecule has 2 aromatic carbocycles. The molecule has 0 radical (unpaired) electrons. The second-order valence-electron chi connectivity index (χ2n) is 10.2. The van der Waals surface area contributed by atoms with Gasteiger partial charge in [0.2, 0.25) is 5.91 Å². The Kier molecular flexibility index (Phi) is 6.26. The van der Waals surface area contributed by atoms with Crippen molar-refractivity contribution in [2.45, 2.75) is 50.5 Å². The van der Waals surface area contributed by atoms with Crippen molar-refractivity contribution < 1.29 is 24.2 Å². The maximum absolute atomic E-state index is 13.1. The number of hydrogen-bond donors (Lipinski definition) is 2. The minimum atomic E-state index is -0.808. The van der Waals surface area contributed by atoms with Crippen LogP contribution in [0.2, 0.25) is 0 Å². The molecule has 0 saturated heterocycles. The topological polar surface area (TPSA) is 95.9 Å². The first-order valence-corrected chi connectivity index (χ1v) is 12.5. The van der Waals surface area contributed by atoms with E-state index in [9.17, 15) is 14.4 Å². The number of hydrogen-bond acceptors (Lipinski definition) is 4. The number of aliphatic carboxylic acids is 1. The second-order valence-corrected chi connectivity index (χ2v) is 10.2. The molecule has 2 amide bonds. The number of carboxylic acids is 1. The Bertz CT molecular complexity index is 1100. The number of nitrogens with one attached hydrogen (secondary N) is 1. The fraction of sp³-hybridized carbons (Fsp3) is 0.464. The Morgan fingerprint density at radius 2 is 1.69 bits per heavy atom. The molecule has 184 valence electrons. The predicted octanol–water partition coefficient (Wildman–Crippen LogP) is 4.41. The van der Waals surface area contributed by atoms with Gasteiger partial charge in [0.15, 0.2) is 0 Å². The molecule has 2 fully saturated rings. The van der Waals surface area contributed by atoms with E-state index in [1.807, 2.05) is 24.3 Å². The number of nitrogens with zero attached hydrogens (tertiary/aromatic N) is 1. The zero-order chi connectivity index (χ0) is 24.6. The Labute approximate surface area is 205 Å². The van der Waals surface area contributed by atoms with Gasteiger partial charge in [-0.05, 0) is 60.3 Å². The lowest BCUT2D eigenvalue weighted by atomic mass is 9.98. The van der Waals surface area contributed by atoms with Gasteiger partial charge in [-0.15, -0.1) is 0 Å². The number of alkyl carbamates (subject to hydrolysis) is 1. The summed E-state index contributed by atoms with van der Waals surface area (Å²) in [5.74, 6) is -0.365. The second kappa shape index (κ2) is 9.36. The number of benzene rings is 2. The Morgan fingerprint density at radius 1 is 1.03 bits per heavy atom. The van der Waals surface area contributed by atoms with Crippen molar-refractivity contribution in [1.82, 2.24) is 10.2 Å². The van der Waals surface area contributed by atoms with Crippen LogP contribution < -0.4 is 5.32 Å². The van der Waals surface area contributed by atoms with Gasteiger partial charge >= 0.3 is 12.1 Å². The summed E-state index contributed by atoms with van der Waals surface area (Å²) in [6.07, 6.45) is 3.24. The molecular weight excluding hydrogens is 444 g/mol. The molecule has 3 aliphatic carbocycles. The van der Waals surface area contributed by atoms with E-state index >= 15 is 0 Å². The Balaban J connectivity index is 1.12. The lowest BCUT2D eigenvalue weighted by Crippen LogP contribution is -2.39. The maximum atomic E-state index is 13.1. The van der Waals surface area contributed by atoms with Crippen LogP contribution in [-0.2, 0) is 14.3 Å². The summed E-state index contributed by atoms with van der Waals surface area (Å²) in [7, 11) is 1.79. The van der Waals surface area contributed by atoms with Crippen LogP contribution in [-0.4, -0.2) is 54.2 Å². The van der Waals surface area contributed by atoms with Crippen LogP contribution in [0.3, 0.4) is 0 Å². The highest BCUT2D eigenvalue weighted by molar-refractivity contribution is 5.86. The summed E-state index contributed by atoms with van der Waals surface area (Å²) in [5, 5.41) is 11.8. The smallest absolute Gasteiger partial charge is 0.407 e. The fourth-order valence-corrected chi connectivity index (χ4v) is 6.18. The summed E-state index contributed by atoms with van der Waals surface area (Å²) >= 11 is 0. The number of amides is 2. The van der Waals surface area contributed by atoms with Crippen LogP contribution in [0, 0.1) is 11.3 Å². The average molecular weight is 477 g/mol. The molecular formula is C28H32N2O5. The van der Waals surface area contributed by atoms with Gasteiger partial charge in [-0.1, -0.05) is 48.5 Å². The van der Waals surface area contributed by atoms with E-state index in [-0.39, 0.29) is 36.3 Å². The third-order valence-corrected chi connectivity index (χ3v) is 7.98. The van der Waals surface area contributed by atoms with Crippen LogP contribution in [0.1, 0.15) is 55.6 Å². The molecule has 7 heteroatoms. The van der Waals surface area contributed by atoms with Crippen LogP contribution in [0.4, 0.5) is 4.79 Å². The minimum absolute atomic E-state index is 0.0211. The molecule has 0 aliphatic heterocycles. The van der Waals surface area contributed by atoms with Gasteiger partial charge in [0.25, 0.3) is 0 Å². The molecule has 35 heavy (non-hydrogen) atoms. The fourth-order valence-electron chi connectivity index (χ4n) is 6.18. The van der Waals surface area contributed by atoms with Gasteiger partial charge in [0.1, 0.15) is 6.61 Å². The number of unbranched alkanes of at least 4 members (excludes halogenated alkanes) is 1. The highest BCUT2D eigenvalue weighted by Crippen LogP contribution is 2.64. The first-order chi connectivity index (χ1) is 16.9. The largest absolute Gasteiger partial charge is 0.481 e. The molecule has 2 N–H and O–H groups in total. The molecule has 0 spiro atoms. The van der Waals surface area contributed by atoms with Gasteiger partial charge < -0.3 is 20.1 Å². The van der Waals surface area contributed by atoms with Crippen molar-refractivity contribution in [3.8, 4) is 11.1 Å². The van der Waals surface area contributed by atoms with E-state index < -0.39 is 12.1 Å². The summed E-state index contributed by atoms with van der Waals surface area (Å²) in [6, 6.07) is 16.4. The zero-order valence-corrected chi connectivity index (χ0v) is 20.0. The standard InChI is InChI=1S/C28H32N2O5/c1-30(13-7-6-12-25(31)32)26(33)28-15-18(28)14-19(16-28)29-27(34)35-17-24-22-10-4-2-8-20(22)21-9-3-5-11-23(21)24/h2-5,8-11,18-19,24H,6-7,12-17H2,1H3,(H,29,34)(H,31,32). The molecule has 3 atom stereocenters. The number of carboxylic acid groups (broad SMARTS) is 1. The summed E-state index contributed by atoms with van der Waals surface area (Å²) in [4.78, 5) is 38.1. The molecule has 0 bridgehead atoms. The van der Waals surface area contributed by atoms with Crippen molar-refractivity contribution in [1.29, 1.82) is 0 Å². The molecule has 2 aromatic rings. The van der Waals surface area contributed by atoms with Crippen molar-refractivity contribution in [3.05, 3.63) is 59.7 Å². The normalized spacial score (nSPS) is 23.7. The third kappa shape index (κ3) is 4.51. The summed E-state index contributed by atoms with van der Waals surface area (Å²) < 4.78 is 5.68. The zero-order valence-electron chi connectivity index (χ0n) is 20.0. The lowest BCUT2D eigenvalue weighted by molar-refractivity contribution is -0.137. The van der Waals surface area contributed by atoms with Gasteiger partial charge in [-0.3, -0.25) is 9.59 Å². The highest BCUT2D eigenvalue weighted by atomic mass is 16.5. The predicted molar refractivity (Wildman–Crippen MR) is 131 cm³/mol.